The molecule has 0 unspecified atom stereocenters. The monoisotopic (exact) mass is 348 g/mol. The van der Waals surface area contributed by atoms with Gasteiger partial charge in [-0.2, -0.15) is 0 Å². The molecular weight excluding hydrogens is 327 g/mol. The van der Waals surface area contributed by atoms with E-state index in [0.717, 1.165) is 37.3 Å². The van der Waals surface area contributed by atoms with E-state index in [4.69, 9.17) is 0 Å². The largest absolute Gasteiger partial charge is 0.322 e. The van der Waals surface area contributed by atoms with Gasteiger partial charge in [-0.05, 0) is 30.2 Å². The molecule has 0 spiro atoms. The molecule has 2 aromatic carbocycles. The quantitative estimate of drug-likeness (QED) is 0.766. The molecule has 0 fully saturated rings. The van der Waals surface area contributed by atoms with E-state index in [-0.39, 0.29) is 5.82 Å². The highest BCUT2D eigenvalue weighted by atomic mass is 19.1. The van der Waals surface area contributed by atoms with E-state index in [1.165, 1.54) is 17.2 Å². The summed E-state index contributed by atoms with van der Waals surface area (Å²) in [6.45, 7) is 4.87. The number of aryl methyl sites for hydroxylation is 1. The first-order valence-electron chi connectivity index (χ1n) is 8.82. The van der Waals surface area contributed by atoms with Gasteiger partial charge in [0.05, 0.1) is 11.4 Å². The summed E-state index contributed by atoms with van der Waals surface area (Å²) in [6, 6.07) is 15.0. The van der Waals surface area contributed by atoms with Crippen molar-refractivity contribution in [3.05, 3.63) is 82.9 Å². The van der Waals surface area contributed by atoms with Crippen molar-refractivity contribution in [3.63, 3.8) is 0 Å². The van der Waals surface area contributed by atoms with Gasteiger partial charge in [-0.1, -0.05) is 36.4 Å². The Labute approximate surface area is 152 Å². The van der Waals surface area contributed by atoms with Gasteiger partial charge in [0.2, 0.25) is 5.95 Å². The van der Waals surface area contributed by atoms with Gasteiger partial charge >= 0.3 is 0 Å². The van der Waals surface area contributed by atoms with E-state index in [1.807, 2.05) is 6.20 Å². The number of benzene rings is 2. The number of nitrogens with zero attached hydrogens (tertiary/aromatic N) is 3. The third-order valence-electron chi connectivity index (χ3n) is 4.79. The SMILES string of the molecule is Cc1ccccc1CN1CCc2nc(Nc3ccccc3F)ncc2C1. The lowest BCUT2D eigenvalue weighted by Gasteiger charge is -2.28. The van der Waals surface area contributed by atoms with E-state index in [1.54, 1.807) is 18.2 Å². The number of hydrogen-bond donors (Lipinski definition) is 1. The third-order valence-corrected chi connectivity index (χ3v) is 4.79. The molecule has 5 heteroatoms. The molecule has 1 aliphatic rings. The molecule has 0 radical (unpaired) electrons. The van der Waals surface area contributed by atoms with Gasteiger partial charge in [0.25, 0.3) is 0 Å². The predicted molar refractivity (Wildman–Crippen MR) is 101 cm³/mol. The van der Waals surface area contributed by atoms with Crippen molar-refractivity contribution in [1.29, 1.82) is 0 Å². The van der Waals surface area contributed by atoms with Crippen LogP contribution in [0.5, 0.6) is 0 Å². The van der Waals surface area contributed by atoms with Crippen LogP contribution in [0.15, 0.2) is 54.7 Å². The van der Waals surface area contributed by atoms with E-state index < -0.39 is 0 Å². The minimum atomic E-state index is -0.307. The van der Waals surface area contributed by atoms with Crippen LogP contribution in [-0.4, -0.2) is 21.4 Å². The van der Waals surface area contributed by atoms with Crippen molar-refractivity contribution in [3.8, 4) is 0 Å². The van der Waals surface area contributed by atoms with Crippen LogP contribution in [-0.2, 0) is 19.5 Å². The molecular formula is C21H21FN4. The van der Waals surface area contributed by atoms with Crippen LogP contribution < -0.4 is 5.32 Å². The Balaban J connectivity index is 1.47. The van der Waals surface area contributed by atoms with E-state index >= 15 is 0 Å². The number of hydrogen-bond acceptors (Lipinski definition) is 4. The third kappa shape index (κ3) is 3.58. The maximum atomic E-state index is 13.8. The number of rotatable bonds is 4. The Morgan fingerprint density at radius 1 is 1.12 bits per heavy atom. The first-order valence-corrected chi connectivity index (χ1v) is 8.82. The van der Waals surface area contributed by atoms with Gasteiger partial charge in [0.15, 0.2) is 0 Å². The molecule has 0 saturated carbocycles. The summed E-state index contributed by atoms with van der Waals surface area (Å²) in [5, 5.41) is 2.97. The molecule has 2 heterocycles. The van der Waals surface area contributed by atoms with Crippen molar-refractivity contribution < 1.29 is 4.39 Å². The number of fused-ring (bicyclic) bond motifs is 1. The molecule has 0 aliphatic carbocycles. The maximum Gasteiger partial charge on any atom is 0.227 e. The Hall–Kier alpha value is -2.79. The summed E-state index contributed by atoms with van der Waals surface area (Å²) >= 11 is 0. The van der Waals surface area contributed by atoms with Gasteiger partial charge < -0.3 is 5.32 Å². The van der Waals surface area contributed by atoms with Crippen molar-refractivity contribution in [2.24, 2.45) is 0 Å². The second-order valence-electron chi connectivity index (χ2n) is 6.66. The molecule has 1 aliphatic heterocycles. The van der Waals surface area contributed by atoms with E-state index in [2.05, 4.69) is 51.4 Å². The molecule has 4 rings (SSSR count). The molecule has 26 heavy (non-hydrogen) atoms. The zero-order chi connectivity index (χ0) is 17.9. The molecule has 0 bridgehead atoms. The second kappa shape index (κ2) is 7.22. The smallest absolute Gasteiger partial charge is 0.227 e. The fourth-order valence-corrected chi connectivity index (χ4v) is 3.28. The summed E-state index contributed by atoms with van der Waals surface area (Å²) < 4.78 is 13.8. The van der Waals surface area contributed by atoms with Gasteiger partial charge in [-0.25, -0.2) is 14.4 Å². The van der Waals surface area contributed by atoms with Crippen molar-refractivity contribution in [1.82, 2.24) is 14.9 Å². The van der Waals surface area contributed by atoms with Gasteiger partial charge in [0.1, 0.15) is 5.82 Å². The Morgan fingerprint density at radius 2 is 1.92 bits per heavy atom. The maximum absolute atomic E-state index is 13.8. The molecule has 132 valence electrons. The highest BCUT2D eigenvalue weighted by Crippen LogP contribution is 2.22. The molecule has 3 aromatic rings. The summed E-state index contributed by atoms with van der Waals surface area (Å²) in [7, 11) is 0. The van der Waals surface area contributed by atoms with Crippen LogP contribution in [0.4, 0.5) is 16.0 Å². The Kier molecular flexibility index (Phi) is 4.63. The first-order chi connectivity index (χ1) is 12.7. The lowest BCUT2D eigenvalue weighted by atomic mass is 10.0. The summed E-state index contributed by atoms with van der Waals surface area (Å²) in [6.07, 6.45) is 2.73. The number of nitrogens with one attached hydrogen (secondary N) is 1. The molecule has 4 nitrogen and oxygen atoms in total. The zero-order valence-electron chi connectivity index (χ0n) is 14.7. The number of para-hydroxylation sites is 1. The van der Waals surface area contributed by atoms with Crippen LogP contribution in [0.1, 0.15) is 22.4 Å². The minimum Gasteiger partial charge on any atom is -0.322 e. The highest BCUT2D eigenvalue weighted by Gasteiger charge is 2.19. The average molecular weight is 348 g/mol. The van der Waals surface area contributed by atoms with Gasteiger partial charge in [0, 0.05) is 37.8 Å². The van der Waals surface area contributed by atoms with Crippen molar-refractivity contribution >= 4 is 11.6 Å². The lowest BCUT2D eigenvalue weighted by molar-refractivity contribution is 0.242. The Morgan fingerprint density at radius 3 is 2.77 bits per heavy atom. The second-order valence-corrected chi connectivity index (χ2v) is 6.66. The summed E-state index contributed by atoms with van der Waals surface area (Å²) in [5.41, 5.74) is 5.25. The standard InChI is InChI=1S/C21H21FN4/c1-15-6-2-3-7-16(15)13-26-11-10-19-17(14-26)12-23-21(24-19)25-20-9-5-4-8-18(20)22/h2-9,12H,10-11,13-14H2,1H3,(H,23,24,25). The molecule has 0 saturated heterocycles. The van der Waals surface area contributed by atoms with Crippen molar-refractivity contribution in [2.45, 2.75) is 26.4 Å². The molecule has 0 atom stereocenters. The number of anilines is 2. The minimum absolute atomic E-state index is 0.307. The van der Waals surface area contributed by atoms with Gasteiger partial charge in [-0.3, -0.25) is 4.90 Å². The zero-order valence-corrected chi connectivity index (χ0v) is 14.7. The van der Waals surface area contributed by atoms with Gasteiger partial charge in [-0.15, -0.1) is 0 Å². The summed E-state index contributed by atoms with van der Waals surface area (Å²) in [4.78, 5) is 11.4. The lowest BCUT2D eigenvalue weighted by Crippen LogP contribution is -2.31. The highest BCUT2D eigenvalue weighted by molar-refractivity contribution is 5.54. The molecule has 1 aromatic heterocycles. The number of halogens is 1. The molecule has 1 N–H and O–H groups in total. The molecule has 0 amide bonds. The normalized spacial score (nSPS) is 14.1. The fraction of sp³-hybridized carbons (Fsp3) is 0.238. The van der Waals surface area contributed by atoms with Crippen LogP contribution in [0.3, 0.4) is 0 Å². The topological polar surface area (TPSA) is 41.1 Å². The predicted octanol–water partition coefficient (Wildman–Crippen LogP) is 4.23. The average Bonchev–Trinajstić information content (AvgIpc) is 2.66. The number of aromatic nitrogens is 2. The fourth-order valence-electron chi connectivity index (χ4n) is 3.28. The summed E-state index contributed by atoms with van der Waals surface area (Å²) in [5.74, 6) is 0.138. The van der Waals surface area contributed by atoms with Crippen LogP contribution in [0.25, 0.3) is 0 Å². The Bertz CT molecular complexity index is 925. The van der Waals surface area contributed by atoms with Crippen LogP contribution in [0.2, 0.25) is 0 Å². The van der Waals surface area contributed by atoms with E-state index in [9.17, 15) is 4.39 Å². The van der Waals surface area contributed by atoms with Crippen LogP contribution in [0, 0.1) is 12.7 Å². The van der Waals surface area contributed by atoms with Crippen molar-refractivity contribution in [2.75, 3.05) is 11.9 Å². The van der Waals surface area contributed by atoms with Crippen LogP contribution >= 0.6 is 0 Å². The van der Waals surface area contributed by atoms with E-state index in [0.29, 0.717) is 11.6 Å². The first kappa shape index (κ1) is 16.7.